The molecule has 0 bridgehead atoms. The minimum absolute atomic E-state index is 0.0508. The Balaban J connectivity index is 2.75. The Labute approximate surface area is 121 Å². The Morgan fingerprint density at radius 3 is 2.10 bits per heavy atom. The van der Waals surface area contributed by atoms with Crippen molar-refractivity contribution in [3.8, 4) is 11.5 Å². The zero-order valence-electron chi connectivity index (χ0n) is 12.7. The second kappa shape index (κ2) is 4.04. The van der Waals surface area contributed by atoms with E-state index in [1.165, 1.54) is 4.40 Å². The van der Waals surface area contributed by atoms with Crippen LogP contribution in [0, 0.1) is 34.6 Å². The van der Waals surface area contributed by atoms with E-state index in [4.69, 9.17) is 4.42 Å². The van der Waals surface area contributed by atoms with Gasteiger partial charge >= 0.3 is 0 Å². The number of rotatable bonds is 0. The van der Waals surface area contributed by atoms with Gasteiger partial charge in [-0.05, 0) is 40.2 Å². The molecule has 0 spiro atoms. The molecule has 0 atom stereocenters. The van der Waals surface area contributed by atoms with E-state index in [0.29, 0.717) is 11.3 Å². The molecular weight excluding hydrogens is 270 g/mol. The Morgan fingerprint density at radius 2 is 1.48 bits per heavy atom. The molecule has 2 heterocycles. The molecule has 5 heteroatoms. The maximum atomic E-state index is 12.8. The summed E-state index contributed by atoms with van der Waals surface area (Å²) in [6.07, 6.45) is 0. The van der Waals surface area contributed by atoms with E-state index in [2.05, 4.69) is 0 Å². The lowest BCUT2D eigenvalue weighted by atomic mass is 10.1. The van der Waals surface area contributed by atoms with Crippen molar-refractivity contribution in [2.45, 2.75) is 34.6 Å². The van der Waals surface area contributed by atoms with Gasteiger partial charge in [0.2, 0.25) is 5.71 Å². The first-order valence-electron chi connectivity index (χ1n) is 6.73. The predicted octanol–water partition coefficient (Wildman–Crippen LogP) is 3.00. The molecule has 21 heavy (non-hydrogen) atoms. The molecular formula is C16H17NO4. The monoisotopic (exact) mass is 287 g/mol. The largest absolute Gasteiger partial charge is 0.507 e. The molecule has 0 saturated carbocycles. The highest BCUT2D eigenvalue weighted by molar-refractivity contribution is 5.90. The molecule has 110 valence electrons. The molecule has 0 unspecified atom stereocenters. The third-order valence-electron chi connectivity index (χ3n) is 4.45. The zero-order chi connectivity index (χ0) is 15.6. The minimum atomic E-state index is -0.330. The topological polar surface area (TPSA) is 75.1 Å². The first-order valence-corrected chi connectivity index (χ1v) is 6.73. The highest BCUT2D eigenvalue weighted by atomic mass is 16.3. The lowest BCUT2D eigenvalue weighted by Gasteiger charge is -2.10. The summed E-state index contributed by atoms with van der Waals surface area (Å²) >= 11 is 0. The van der Waals surface area contributed by atoms with E-state index in [1.54, 1.807) is 13.8 Å². The van der Waals surface area contributed by atoms with Crippen LogP contribution in [0.5, 0.6) is 11.5 Å². The van der Waals surface area contributed by atoms with Crippen LogP contribution in [0.15, 0.2) is 9.21 Å². The summed E-state index contributed by atoms with van der Waals surface area (Å²) in [7, 11) is 0. The molecule has 3 rings (SSSR count). The van der Waals surface area contributed by atoms with Gasteiger partial charge in [0.25, 0.3) is 5.56 Å². The number of fused-ring (bicyclic) bond motifs is 2. The number of phenolic OH excluding ortho intramolecular Hbond substituents is 2. The van der Waals surface area contributed by atoms with Gasteiger partial charge in [0.1, 0.15) is 16.9 Å². The van der Waals surface area contributed by atoms with Gasteiger partial charge in [0, 0.05) is 22.4 Å². The number of nitrogens with zero attached hydrogens (tertiary/aromatic N) is 1. The molecule has 0 saturated heterocycles. The normalized spacial score (nSPS) is 11.7. The maximum absolute atomic E-state index is 12.8. The molecule has 2 aromatic heterocycles. The number of aromatic hydroxyl groups is 2. The Hall–Kier alpha value is -2.43. The molecule has 3 aromatic rings. The number of aryl methyl sites for hydroxylation is 3. The molecule has 5 nitrogen and oxygen atoms in total. The number of hydrogen-bond donors (Lipinski definition) is 2. The van der Waals surface area contributed by atoms with Crippen molar-refractivity contribution in [1.82, 2.24) is 4.40 Å². The predicted molar refractivity (Wildman–Crippen MR) is 80.5 cm³/mol. The van der Waals surface area contributed by atoms with Gasteiger partial charge < -0.3 is 14.6 Å². The third kappa shape index (κ3) is 1.48. The molecule has 0 aliphatic heterocycles. The van der Waals surface area contributed by atoms with Crippen LogP contribution in [-0.4, -0.2) is 14.6 Å². The molecule has 0 radical (unpaired) electrons. The highest BCUT2D eigenvalue weighted by Gasteiger charge is 2.22. The quantitative estimate of drug-likeness (QED) is 0.666. The van der Waals surface area contributed by atoms with E-state index in [9.17, 15) is 15.0 Å². The van der Waals surface area contributed by atoms with Crippen molar-refractivity contribution in [3.05, 3.63) is 38.3 Å². The molecule has 0 aliphatic carbocycles. The fourth-order valence-corrected chi connectivity index (χ4v) is 2.80. The van der Waals surface area contributed by atoms with Gasteiger partial charge in [0.15, 0.2) is 5.58 Å². The smallest absolute Gasteiger partial charge is 0.272 e. The maximum Gasteiger partial charge on any atom is 0.272 e. The highest BCUT2D eigenvalue weighted by Crippen LogP contribution is 2.38. The summed E-state index contributed by atoms with van der Waals surface area (Å²) in [6, 6.07) is 0. The van der Waals surface area contributed by atoms with Crippen molar-refractivity contribution in [1.29, 1.82) is 0 Å². The minimum Gasteiger partial charge on any atom is -0.507 e. The first kappa shape index (κ1) is 13.5. The van der Waals surface area contributed by atoms with Crippen molar-refractivity contribution in [3.63, 3.8) is 0 Å². The van der Waals surface area contributed by atoms with Gasteiger partial charge in [-0.1, -0.05) is 0 Å². The van der Waals surface area contributed by atoms with E-state index in [1.807, 2.05) is 20.8 Å². The van der Waals surface area contributed by atoms with Crippen molar-refractivity contribution < 1.29 is 14.6 Å². The summed E-state index contributed by atoms with van der Waals surface area (Å²) in [5.74, 6) is -0.280. The van der Waals surface area contributed by atoms with E-state index in [0.717, 1.165) is 16.8 Å². The van der Waals surface area contributed by atoms with Crippen LogP contribution in [0.3, 0.4) is 0 Å². The SMILES string of the molecule is Cc1c(O)c(C)c2oc3c(C)c(C)c(C)n3c(=O)c2c1O. The van der Waals surface area contributed by atoms with E-state index >= 15 is 0 Å². The van der Waals surface area contributed by atoms with Crippen molar-refractivity contribution in [2.24, 2.45) is 0 Å². The molecule has 1 aromatic carbocycles. The third-order valence-corrected chi connectivity index (χ3v) is 4.45. The standard InChI is InChI=1S/C16H17NO4/c1-6-7(2)16-17(10(6)5)15(20)11-13(19)8(3)12(18)9(4)14(11)21-16/h18-19H,1-5H3. The fraction of sp³-hybridized carbons (Fsp3) is 0.312. The second-order valence-corrected chi connectivity index (χ2v) is 5.53. The summed E-state index contributed by atoms with van der Waals surface area (Å²) < 4.78 is 7.32. The summed E-state index contributed by atoms with van der Waals surface area (Å²) in [5, 5.41) is 20.4. The average Bonchev–Trinajstić information content (AvgIpc) is 2.67. The number of phenols is 2. The van der Waals surface area contributed by atoms with Gasteiger partial charge in [-0.25, -0.2) is 4.40 Å². The zero-order valence-corrected chi connectivity index (χ0v) is 12.7. The summed E-state index contributed by atoms with van der Waals surface area (Å²) in [6.45, 7) is 8.89. The Bertz CT molecular complexity index is 976. The average molecular weight is 287 g/mol. The Morgan fingerprint density at radius 1 is 0.857 bits per heavy atom. The van der Waals surface area contributed by atoms with Gasteiger partial charge in [-0.2, -0.15) is 0 Å². The molecule has 0 aliphatic rings. The van der Waals surface area contributed by atoms with Gasteiger partial charge in [-0.3, -0.25) is 4.79 Å². The van der Waals surface area contributed by atoms with Crippen molar-refractivity contribution >= 4 is 16.7 Å². The Kier molecular flexibility index (Phi) is 2.60. The van der Waals surface area contributed by atoms with Crippen LogP contribution in [-0.2, 0) is 0 Å². The molecule has 0 amide bonds. The van der Waals surface area contributed by atoms with Crippen LogP contribution in [0.25, 0.3) is 16.7 Å². The van der Waals surface area contributed by atoms with Crippen LogP contribution in [0.1, 0.15) is 27.9 Å². The van der Waals surface area contributed by atoms with Crippen LogP contribution in [0.2, 0.25) is 0 Å². The summed E-state index contributed by atoms with van der Waals surface area (Å²) in [5.41, 5.74) is 3.74. The lowest BCUT2D eigenvalue weighted by Crippen LogP contribution is -2.14. The van der Waals surface area contributed by atoms with Crippen LogP contribution < -0.4 is 5.56 Å². The van der Waals surface area contributed by atoms with Crippen molar-refractivity contribution in [2.75, 3.05) is 0 Å². The second-order valence-electron chi connectivity index (χ2n) is 5.53. The van der Waals surface area contributed by atoms with Crippen LogP contribution in [0.4, 0.5) is 0 Å². The van der Waals surface area contributed by atoms with Gasteiger partial charge in [0.05, 0.1) is 0 Å². The molecule has 0 fully saturated rings. The summed E-state index contributed by atoms with van der Waals surface area (Å²) in [4.78, 5) is 12.8. The van der Waals surface area contributed by atoms with Gasteiger partial charge in [-0.15, -0.1) is 0 Å². The molecule has 2 N–H and O–H groups in total. The van der Waals surface area contributed by atoms with E-state index in [-0.39, 0.29) is 33.6 Å². The number of benzene rings is 1. The first-order chi connectivity index (χ1) is 9.77. The lowest BCUT2D eigenvalue weighted by molar-refractivity contribution is 0.442. The number of hydrogen-bond acceptors (Lipinski definition) is 4. The van der Waals surface area contributed by atoms with Crippen LogP contribution >= 0.6 is 0 Å². The fourth-order valence-electron chi connectivity index (χ4n) is 2.80. The number of aromatic nitrogens is 1. The van der Waals surface area contributed by atoms with E-state index < -0.39 is 0 Å².